The van der Waals surface area contributed by atoms with Crippen LogP contribution in [0.5, 0.6) is 0 Å². The van der Waals surface area contributed by atoms with Crippen molar-refractivity contribution in [3.05, 3.63) is 35.5 Å². The van der Waals surface area contributed by atoms with E-state index in [1.54, 1.807) is 25.3 Å². The number of fused-ring (bicyclic) bond motifs is 1. The summed E-state index contributed by atoms with van der Waals surface area (Å²) >= 11 is 0. The van der Waals surface area contributed by atoms with E-state index < -0.39 is 9.84 Å². The van der Waals surface area contributed by atoms with Crippen molar-refractivity contribution in [1.82, 2.24) is 9.97 Å². The number of hydrogen-bond donors (Lipinski definition) is 2. The molecule has 3 rings (SSSR count). The molecule has 0 unspecified atom stereocenters. The fourth-order valence-corrected chi connectivity index (χ4v) is 3.66. The molecule has 122 valence electrons. The molecule has 0 spiro atoms. The smallest absolute Gasteiger partial charge is 0.221 e. The van der Waals surface area contributed by atoms with Crippen LogP contribution in [0, 0.1) is 0 Å². The Morgan fingerprint density at radius 3 is 2.78 bits per heavy atom. The van der Waals surface area contributed by atoms with Gasteiger partial charge in [0.2, 0.25) is 5.95 Å². The summed E-state index contributed by atoms with van der Waals surface area (Å²) in [6, 6.07) is 5.30. The van der Waals surface area contributed by atoms with Crippen molar-refractivity contribution >= 4 is 27.3 Å². The Labute approximate surface area is 135 Å². The minimum absolute atomic E-state index is 0.106. The molecule has 1 aromatic carbocycles. The van der Waals surface area contributed by atoms with Gasteiger partial charge in [-0.05, 0) is 30.2 Å². The number of benzene rings is 1. The maximum absolute atomic E-state index is 12.0. The van der Waals surface area contributed by atoms with Crippen LogP contribution in [0.4, 0.5) is 17.5 Å². The molecule has 7 nitrogen and oxygen atoms in total. The molecule has 0 aliphatic carbocycles. The van der Waals surface area contributed by atoms with Crippen molar-refractivity contribution in [2.75, 3.05) is 28.7 Å². The van der Waals surface area contributed by atoms with Crippen LogP contribution in [0.2, 0.25) is 0 Å². The highest BCUT2D eigenvalue weighted by molar-refractivity contribution is 7.91. The maximum atomic E-state index is 12.0. The SMILES string of the molecule is CCS(=O)(=O)c1ccc2c(c1)CCN2Cc1cnc(N)nc1N. The van der Waals surface area contributed by atoms with Gasteiger partial charge in [0.05, 0.1) is 10.6 Å². The predicted molar refractivity (Wildman–Crippen MR) is 89.8 cm³/mol. The maximum Gasteiger partial charge on any atom is 0.221 e. The summed E-state index contributed by atoms with van der Waals surface area (Å²) in [6.45, 7) is 3.02. The van der Waals surface area contributed by atoms with Crippen molar-refractivity contribution < 1.29 is 8.42 Å². The first kappa shape index (κ1) is 15.5. The zero-order chi connectivity index (χ0) is 16.6. The van der Waals surface area contributed by atoms with Crippen LogP contribution in [-0.4, -0.2) is 30.7 Å². The summed E-state index contributed by atoms with van der Waals surface area (Å²) < 4.78 is 24.0. The number of nitrogens with zero attached hydrogens (tertiary/aromatic N) is 3. The van der Waals surface area contributed by atoms with Gasteiger partial charge in [-0.25, -0.2) is 13.4 Å². The lowest BCUT2D eigenvalue weighted by Gasteiger charge is -2.20. The third-order valence-corrected chi connectivity index (χ3v) is 5.79. The molecule has 0 saturated carbocycles. The van der Waals surface area contributed by atoms with E-state index in [1.165, 1.54) is 0 Å². The van der Waals surface area contributed by atoms with E-state index in [2.05, 4.69) is 14.9 Å². The Morgan fingerprint density at radius 2 is 2.09 bits per heavy atom. The van der Waals surface area contributed by atoms with Gasteiger partial charge in [0.15, 0.2) is 9.84 Å². The zero-order valence-corrected chi connectivity index (χ0v) is 13.7. The number of aromatic nitrogens is 2. The Balaban J connectivity index is 1.88. The second-order valence-corrected chi connectivity index (χ2v) is 7.78. The van der Waals surface area contributed by atoms with E-state index in [0.29, 0.717) is 17.3 Å². The first-order valence-corrected chi connectivity index (χ1v) is 9.03. The quantitative estimate of drug-likeness (QED) is 0.857. The van der Waals surface area contributed by atoms with Crippen LogP contribution < -0.4 is 16.4 Å². The number of nitrogens with two attached hydrogens (primary N) is 2. The summed E-state index contributed by atoms with van der Waals surface area (Å²) in [7, 11) is -3.18. The number of rotatable bonds is 4. The van der Waals surface area contributed by atoms with Crippen LogP contribution >= 0.6 is 0 Å². The number of anilines is 3. The van der Waals surface area contributed by atoms with Crippen LogP contribution in [0.3, 0.4) is 0 Å². The first-order chi connectivity index (χ1) is 10.9. The van der Waals surface area contributed by atoms with E-state index in [9.17, 15) is 8.42 Å². The number of nitrogen functional groups attached to an aromatic ring is 2. The fraction of sp³-hybridized carbons (Fsp3) is 0.333. The highest BCUT2D eigenvalue weighted by Gasteiger charge is 2.23. The van der Waals surface area contributed by atoms with Gasteiger partial charge in [0.1, 0.15) is 5.82 Å². The van der Waals surface area contributed by atoms with Crippen molar-refractivity contribution in [1.29, 1.82) is 0 Å². The van der Waals surface area contributed by atoms with Crippen molar-refractivity contribution in [2.45, 2.75) is 24.8 Å². The third kappa shape index (κ3) is 2.94. The van der Waals surface area contributed by atoms with Gasteiger partial charge in [-0.2, -0.15) is 4.98 Å². The Bertz CT molecular complexity index is 851. The first-order valence-electron chi connectivity index (χ1n) is 7.38. The standard InChI is InChI=1S/C15H19N5O2S/c1-2-23(21,22)12-3-4-13-10(7-12)5-6-20(13)9-11-8-18-15(17)19-14(11)16/h3-4,7-8H,2,5-6,9H2,1H3,(H4,16,17,18,19). The molecule has 0 bridgehead atoms. The topological polar surface area (TPSA) is 115 Å². The highest BCUT2D eigenvalue weighted by atomic mass is 32.2. The summed E-state index contributed by atoms with van der Waals surface area (Å²) in [5, 5.41) is 0. The molecule has 1 aliphatic rings. The van der Waals surface area contributed by atoms with Crippen molar-refractivity contribution in [3.63, 3.8) is 0 Å². The second kappa shape index (κ2) is 5.69. The van der Waals surface area contributed by atoms with Gasteiger partial charge >= 0.3 is 0 Å². The molecule has 0 atom stereocenters. The van der Waals surface area contributed by atoms with Crippen LogP contribution in [0.1, 0.15) is 18.1 Å². The molecule has 2 heterocycles. The van der Waals surface area contributed by atoms with Crippen molar-refractivity contribution in [2.24, 2.45) is 0 Å². The van der Waals surface area contributed by atoms with Gasteiger partial charge in [-0.15, -0.1) is 0 Å². The number of hydrogen-bond acceptors (Lipinski definition) is 7. The lowest BCUT2D eigenvalue weighted by atomic mass is 10.2. The molecule has 8 heteroatoms. The summed E-state index contributed by atoms with van der Waals surface area (Å²) in [6.07, 6.45) is 2.43. The monoisotopic (exact) mass is 333 g/mol. The van der Waals surface area contributed by atoms with Crippen LogP contribution in [-0.2, 0) is 22.8 Å². The Morgan fingerprint density at radius 1 is 1.30 bits per heavy atom. The van der Waals surface area contributed by atoms with Gasteiger partial charge in [-0.1, -0.05) is 6.92 Å². The molecule has 4 N–H and O–H groups in total. The van der Waals surface area contributed by atoms with Gasteiger partial charge < -0.3 is 16.4 Å². The van der Waals surface area contributed by atoms with Gasteiger partial charge in [0, 0.05) is 30.5 Å². The Hall–Kier alpha value is -2.35. The summed E-state index contributed by atoms with van der Waals surface area (Å²) in [4.78, 5) is 10.5. The third-order valence-electron chi connectivity index (χ3n) is 4.06. The lowest BCUT2D eigenvalue weighted by molar-refractivity contribution is 0.597. The average Bonchev–Trinajstić information content (AvgIpc) is 2.92. The minimum atomic E-state index is -3.18. The molecule has 0 fully saturated rings. The van der Waals surface area contributed by atoms with Crippen molar-refractivity contribution in [3.8, 4) is 0 Å². The van der Waals surface area contributed by atoms with Gasteiger partial charge in [0.25, 0.3) is 0 Å². The second-order valence-electron chi connectivity index (χ2n) is 5.50. The summed E-state index contributed by atoms with van der Waals surface area (Å²) in [5.74, 6) is 0.632. The Kier molecular flexibility index (Phi) is 3.85. The zero-order valence-electron chi connectivity index (χ0n) is 12.9. The van der Waals surface area contributed by atoms with Crippen LogP contribution in [0.25, 0.3) is 0 Å². The molecule has 0 saturated heterocycles. The molecular weight excluding hydrogens is 314 g/mol. The molecule has 2 aromatic rings. The molecule has 1 aliphatic heterocycles. The number of sulfone groups is 1. The fourth-order valence-electron chi connectivity index (χ4n) is 2.73. The van der Waals surface area contributed by atoms with Crippen LogP contribution in [0.15, 0.2) is 29.3 Å². The van der Waals surface area contributed by atoms with E-state index >= 15 is 0 Å². The molecule has 23 heavy (non-hydrogen) atoms. The summed E-state index contributed by atoms with van der Waals surface area (Å²) in [5.41, 5.74) is 14.3. The molecular formula is C15H19N5O2S. The average molecular weight is 333 g/mol. The lowest BCUT2D eigenvalue weighted by Crippen LogP contribution is -2.21. The molecule has 0 radical (unpaired) electrons. The molecule has 1 aromatic heterocycles. The largest absolute Gasteiger partial charge is 0.383 e. The predicted octanol–water partition coefficient (Wildman–Crippen LogP) is 0.997. The normalized spacial score (nSPS) is 14.0. The van der Waals surface area contributed by atoms with E-state index in [0.717, 1.165) is 29.8 Å². The van der Waals surface area contributed by atoms with Gasteiger partial charge in [-0.3, -0.25) is 0 Å². The van der Waals surface area contributed by atoms with E-state index in [1.807, 2.05) is 6.07 Å². The highest BCUT2D eigenvalue weighted by Crippen LogP contribution is 2.32. The molecule has 0 amide bonds. The van der Waals surface area contributed by atoms with E-state index in [-0.39, 0.29) is 11.7 Å². The van der Waals surface area contributed by atoms with E-state index in [4.69, 9.17) is 11.5 Å². The minimum Gasteiger partial charge on any atom is -0.383 e.